The number of hydrogen-bond donors (Lipinski definition) is 2. The van der Waals surface area contributed by atoms with Crippen molar-refractivity contribution in [3.05, 3.63) is 70.4 Å². The van der Waals surface area contributed by atoms with Crippen LogP contribution in [-0.4, -0.2) is 60.9 Å². The number of Topliss-reactive ketones (excluding diaryl/α,β-unsaturated/α-hetero) is 1. The number of nitrogens with zero attached hydrogens (tertiary/aromatic N) is 1. The number of aldehydes is 1. The molecule has 1 aromatic carbocycles. The lowest BCUT2D eigenvalue weighted by atomic mass is 9.94. The Morgan fingerprint density at radius 2 is 1.77 bits per heavy atom. The topological polar surface area (TPSA) is 109 Å². The number of benzene rings is 1. The number of carbonyl (C=O) groups excluding carboxylic acids is 2. The van der Waals surface area contributed by atoms with Crippen LogP contribution in [0.2, 0.25) is 0 Å². The second-order valence-electron chi connectivity index (χ2n) is 6.08. The monoisotopic (exact) mass is 446 g/mol. The Balaban J connectivity index is 0.000000565. The fraction of sp³-hybridized carbons (Fsp3) is 0.304. The highest BCUT2D eigenvalue weighted by Crippen LogP contribution is 2.28. The third-order valence-corrected chi connectivity index (χ3v) is 4.48. The van der Waals surface area contributed by atoms with E-state index in [4.69, 9.17) is 9.90 Å². The highest BCUT2D eigenvalue weighted by atomic mass is 32.2. The van der Waals surface area contributed by atoms with Gasteiger partial charge in [-0.1, -0.05) is 24.3 Å². The summed E-state index contributed by atoms with van der Waals surface area (Å²) in [6.07, 6.45) is 5.04. The number of methoxy groups -OCH3 is 1. The highest BCUT2D eigenvalue weighted by molar-refractivity contribution is 8.04. The van der Waals surface area contributed by atoms with Crippen molar-refractivity contribution < 1.29 is 24.2 Å². The third kappa shape index (κ3) is 11.7. The summed E-state index contributed by atoms with van der Waals surface area (Å²) in [7, 11) is 4.96. The van der Waals surface area contributed by atoms with Gasteiger partial charge in [0.15, 0.2) is 5.78 Å². The first-order valence-electron chi connectivity index (χ1n) is 9.40. The SMILES string of the molecule is CC(=O)O.CN=C1C=C(SCCC=O)C(=O)c2ccccc21.COC.Cc1ccc[nH]1. The minimum absolute atomic E-state index is 0.0221. The summed E-state index contributed by atoms with van der Waals surface area (Å²) in [6, 6.07) is 11.5. The van der Waals surface area contributed by atoms with Gasteiger partial charge in [0.05, 0.1) is 10.6 Å². The number of aliphatic imine (C=N–C) groups is 1. The molecule has 0 unspecified atom stereocenters. The molecular formula is C23H30N2O5S. The standard InChI is InChI=1S/C14H13NO2S.C5H7N.C2H4O2.C2H6O/c1-15-12-9-13(18-8-4-7-16)14(17)11-6-3-2-5-10(11)12;1-5-3-2-4-6-5;1-2(3)4;1-3-2/h2-3,5-7,9H,4,8H2,1H3;2-4,6H,1H3;1H3,(H,3,4);1-2H3. The molecule has 0 atom stereocenters. The Morgan fingerprint density at radius 1 is 1.19 bits per heavy atom. The number of nitrogens with one attached hydrogen (secondary N) is 1. The van der Waals surface area contributed by atoms with E-state index in [1.165, 1.54) is 17.5 Å². The van der Waals surface area contributed by atoms with Gasteiger partial charge in [0.25, 0.3) is 5.97 Å². The number of fused-ring (bicyclic) bond motifs is 1. The van der Waals surface area contributed by atoms with Crippen LogP contribution < -0.4 is 0 Å². The second kappa shape index (κ2) is 16.8. The van der Waals surface area contributed by atoms with Crippen LogP contribution in [0, 0.1) is 6.92 Å². The van der Waals surface area contributed by atoms with Crippen LogP contribution in [0.1, 0.15) is 35.0 Å². The number of hydrogen-bond acceptors (Lipinski definition) is 6. The fourth-order valence-corrected chi connectivity index (χ4v) is 3.10. The van der Waals surface area contributed by atoms with E-state index < -0.39 is 5.97 Å². The molecule has 2 aromatic rings. The van der Waals surface area contributed by atoms with Crippen molar-refractivity contribution in [2.24, 2.45) is 4.99 Å². The van der Waals surface area contributed by atoms with Gasteiger partial charge in [-0.05, 0) is 25.1 Å². The maximum absolute atomic E-state index is 12.2. The Kier molecular flexibility index (Phi) is 15.2. The van der Waals surface area contributed by atoms with Gasteiger partial charge in [0, 0.05) is 63.4 Å². The Bertz CT molecular complexity index is 870. The number of thioether (sulfide) groups is 1. The zero-order valence-corrected chi connectivity index (χ0v) is 19.4. The smallest absolute Gasteiger partial charge is 0.300 e. The van der Waals surface area contributed by atoms with Crippen molar-refractivity contribution in [1.82, 2.24) is 4.98 Å². The maximum Gasteiger partial charge on any atom is 0.300 e. The summed E-state index contributed by atoms with van der Waals surface area (Å²) >= 11 is 1.41. The summed E-state index contributed by atoms with van der Waals surface area (Å²) in [6.45, 7) is 3.11. The number of carbonyl (C=O) groups is 3. The molecule has 0 saturated heterocycles. The van der Waals surface area contributed by atoms with E-state index in [1.807, 2.05) is 49.5 Å². The number of rotatable bonds is 4. The van der Waals surface area contributed by atoms with E-state index in [1.54, 1.807) is 27.3 Å². The van der Waals surface area contributed by atoms with Gasteiger partial charge in [0.2, 0.25) is 0 Å². The van der Waals surface area contributed by atoms with Crippen LogP contribution in [0.3, 0.4) is 0 Å². The Labute approximate surface area is 187 Å². The predicted octanol–water partition coefficient (Wildman–Crippen LogP) is 4.18. The van der Waals surface area contributed by atoms with E-state index in [-0.39, 0.29) is 5.78 Å². The van der Waals surface area contributed by atoms with E-state index in [2.05, 4.69) is 14.7 Å². The molecule has 0 bridgehead atoms. The van der Waals surface area contributed by atoms with Gasteiger partial charge in [-0.2, -0.15) is 0 Å². The number of aliphatic carboxylic acids is 1. The highest BCUT2D eigenvalue weighted by Gasteiger charge is 2.23. The fourth-order valence-electron chi connectivity index (χ4n) is 2.23. The first-order chi connectivity index (χ1) is 14.8. The summed E-state index contributed by atoms with van der Waals surface area (Å²) in [4.78, 5) is 39.4. The molecule has 0 fully saturated rings. The molecule has 168 valence electrons. The van der Waals surface area contributed by atoms with Crippen molar-refractivity contribution in [3.63, 3.8) is 0 Å². The molecule has 1 aliphatic carbocycles. The number of aryl methyl sites for hydroxylation is 1. The lowest BCUT2D eigenvalue weighted by Gasteiger charge is -2.16. The molecule has 1 aliphatic rings. The van der Waals surface area contributed by atoms with Gasteiger partial charge in [0.1, 0.15) is 6.29 Å². The average molecular weight is 447 g/mol. The van der Waals surface area contributed by atoms with Gasteiger partial charge < -0.3 is 19.6 Å². The maximum atomic E-state index is 12.2. The molecule has 0 aliphatic heterocycles. The number of aromatic nitrogens is 1. The lowest BCUT2D eigenvalue weighted by Crippen LogP contribution is -2.16. The molecule has 0 spiro atoms. The number of carboxylic acids is 1. The summed E-state index contributed by atoms with van der Waals surface area (Å²) in [5.74, 6) is -0.186. The molecule has 3 rings (SSSR count). The molecule has 0 amide bonds. The largest absolute Gasteiger partial charge is 0.481 e. The van der Waals surface area contributed by atoms with Crippen molar-refractivity contribution in [1.29, 1.82) is 0 Å². The van der Waals surface area contributed by atoms with Crippen LogP contribution in [0.15, 0.2) is 58.6 Å². The molecular weight excluding hydrogens is 416 g/mol. The predicted molar refractivity (Wildman–Crippen MR) is 126 cm³/mol. The zero-order chi connectivity index (χ0) is 23.6. The Morgan fingerprint density at radius 3 is 2.19 bits per heavy atom. The molecule has 1 aromatic heterocycles. The van der Waals surface area contributed by atoms with E-state index in [0.717, 1.165) is 24.5 Å². The molecule has 1 heterocycles. The molecule has 2 N–H and O–H groups in total. The number of ether oxygens (including phenoxy) is 1. The van der Waals surface area contributed by atoms with Crippen LogP contribution in [0.25, 0.3) is 0 Å². The number of ketones is 1. The van der Waals surface area contributed by atoms with Gasteiger partial charge in [-0.15, -0.1) is 11.8 Å². The second-order valence-corrected chi connectivity index (χ2v) is 7.21. The zero-order valence-electron chi connectivity index (χ0n) is 18.5. The van der Waals surface area contributed by atoms with Crippen LogP contribution in [0.4, 0.5) is 0 Å². The van der Waals surface area contributed by atoms with Crippen molar-refractivity contribution in [2.75, 3.05) is 27.0 Å². The van der Waals surface area contributed by atoms with Gasteiger partial charge in [-0.25, -0.2) is 0 Å². The van der Waals surface area contributed by atoms with Crippen molar-refractivity contribution in [3.8, 4) is 0 Å². The van der Waals surface area contributed by atoms with Crippen molar-refractivity contribution in [2.45, 2.75) is 20.3 Å². The number of aromatic amines is 1. The molecule has 7 nitrogen and oxygen atoms in total. The third-order valence-electron chi connectivity index (χ3n) is 3.43. The summed E-state index contributed by atoms with van der Waals surface area (Å²) in [5, 5.41) is 7.42. The summed E-state index contributed by atoms with van der Waals surface area (Å²) < 4.78 is 4.25. The minimum atomic E-state index is -0.833. The number of H-pyrrole nitrogens is 1. The first kappa shape index (κ1) is 28.0. The molecule has 0 radical (unpaired) electrons. The van der Waals surface area contributed by atoms with Gasteiger partial charge >= 0.3 is 0 Å². The number of carboxylic acid groups (broad SMARTS) is 1. The van der Waals surface area contributed by atoms with Crippen LogP contribution in [-0.2, 0) is 14.3 Å². The Hall–Kier alpha value is -2.97. The number of allylic oxidation sites excluding steroid dienone is 2. The lowest BCUT2D eigenvalue weighted by molar-refractivity contribution is -0.134. The molecule has 0 saturated carbocycles. The van der Waals surface area contributed by atoms with E-state index in [0.29, 0.717) is 22.6 Å². The van der Waals surface area contributed by atoms with E-state index in [9.17, 15) is 9.59 Å². The normalized spacial score (nSPS) is 12.6. The van der Waals surface area contributed by atoms with E-state index >= 15 is 0 Å². The van der Waals surface area contributed by atoms with Gasteiger partial charge in [-0.3, -0.25) is 14.6 Å². The average Bonchev–Trinajstić information content (AvgIpc) is 3.21. The minimum Gasteiger partial charge on any atom is -0.481 e. The first-order valence-corrected chi connectivity index (χ1v) is 10.4. The summed E-state index contributed by atoms with van der Waals surface area (Å²) in [5.41, 5.74) is 3.60. The van der Waals surface area contributed by atoms with Crippen LogP contribution >= 0.6 is 11.8 Å². The molecule has 31 heavy (non-hydrogen) atoms. The van der Waals surface area contributed by atoms with Crippen LogP contribution in [0.5, 0.6) is 0 Å². The van der Waals surface area contributed by atoms with Crippen molar-refractivity contribution >= 4 is 35.5 Å². The molecule has 8 heteroatoms. The quantitative estimate of drug-likeness (QED) is 0.539.